The molecule has 2 atom stereocenters. The van der Waals surface area contributed by atoms with Crippen LogP contribution in [0.3, 0.4) is 0 Å². The minimum atomic E-state index is -0.209. The van der Waals surface area contributed by atoms with E-state index in [0.29, 0.717) is 5.92 Å². The van der Waals surface area contributed by atoms with Crippen molar-refractivity contribution in [2.24, 2.45) is 11.7 Å². The lowest BCUT2D eigenvalue weighted by atomic mass is 9.73. The van der Waals surface area contributed by atoms with Crippen LogP contribution in [0.4, 0.5) is 0 Å². The van der Waals surface area contributed by atoms with Gasteiger partial charge in [-0.2, -0.15) is 0 Å². The zero-order valence-corrected chi connectivity index (χ0v) is 10.1. The first-order chi connectivity index (χ1) is 7.64. The largest absolute Gasteiger partial charge is 0.495 e. The van der Waals surface area contributed by atoms with Gasteiger partial charge < -0.3 is 10.5 Å². The van der Waals surface area contributed by atoms with E-state index in [4.69, 9.17) is 10.5 Å². The van der Waals surface area contributed by atoms with Crippen molar-refractivity contribution >= 4 is 0 Å². The smallest absolute Gasteiger partial charge is 0.137 e. The van der Waals surface area contributed by atoms with Gasteiger partial charge in [-0.3, -0.25) is 4.98 Å². The van der Waals surface area contributed by atoms with Crippen LogP contribution in [0.15, 0.2) is 18.5 Å². The van der Waals surface area contributed by atoms with Crippen LogP contribution in [0.1, 0.15) is 38.2 Å². The normalized spacial score (nSPS) is 30.1. The molecule has 0 saturated heterocycles. The van der Waals surface area contributed by atoms with Gasteiger partial charge in [0.2, 0.25) is 0 Å². The Morgan fingerprint density at radius 1 is 1.50 bits per heavy atom. The first kappa shape index (κ1) is 11.4. The van der Waals surface area contributed by atoms with E-state index < -0.39 is 0 Å². The molecule has 88 valence electrons. The Morgan fingerprint density at radius 2 is 2.31 bits per heavy atom. The average molecular weight is 220 g/mol. The summed E-state index contributed by atoms with van der Waals surface area (Å²) in [4.78, 5) is 4.20. The second-order valence-corrected chi connectivity index (χ2v) is 4.97. The molecule has 1 aliphatic rings. The SMILES string of the molecule is COc1cncc(C2(N)CCCC(C)C2)c1. The van der Waals surface area contributed by atoms with Crippen molar-refractivity contribution < 1.29 is 4.74 Å². The van der Waals surface area contributed by atoms with Crippen LogP contribution >= 0.6 is 0 Å². The van der Waals surface area contributed by atoms with Crippen LogP contribution in [0.25, 0.3) is 0 Å². The minimum absolute atomic E-state index is 0.209. The van der Waals surface area contributed by atoms with Gasteiger partial charge in [-0.25, -0.2) is 0 Å². The molecule has 3 nitrogen and oxygen atoms in total. The van der Waals surface area contributed by atoms with E-state index in [1.807, 2.05) is 12.3 Å². The maximum absolute atomic E-state index is 6.50. The van der Waals surface area contributed by atoms with Crippen molar-refractivity contribution in [3.63, 3.8) is 0 Å². The zero-order chi connectivity index (χ0) is 11.6. The highest BCUT2D eigenvalue weighted by Crippen LogP contribution is 2.38. The van der Waals surface area contributed by atoms with Crippen molar-refractivity contribution in [3.8, 4) is 5.75 Å². The van der Waals surface area contributed by atoms with Gasteiger partial charge in [-0.05, 0) is 30.4 Å². The molecule has 1 saturated carbocycles. The number of nitrogens with two attached hydrogens (primary N) is 1. The van der Waals surface area contributed by atoms with E-state index in [2.05, 4.69) is 11.9 Å². The fourth-order valence-corrected chi connectivity index (χ4v) is 2.66. The Labute approximate surface area is 97.0 Å². The third kappa shape index (κ3) is 2.19. The Kier molecular flexibility index (Phi) is 3.15. The second-order valence-electron chi connectivity index (χ2n) is 4.97. The second kappa shape index (κ2) is 4.42. The van der Waals surface area contributed by atoms with Gasteiger partial charge in [0.1, 0.15) is 5.75 Å². The molecule has 1 aromatic heterocycles. The number of nitrogens with zero attached hydrogens (tertiary/aromatic N) is 1. The van der Waals surface area contributed by atoms with E-state index in [1.54, 1.807) is 13.3 Å². The summed E-state index contributed by atoms with van der Waals surface area (Å²) in [6, 6.07) is 2.02. The fraction of sp³-hybridized carbons (Fsp3) is 0.615. The minimum Gasteiger partial charge on any atom is -0.495 e. The van der Waals surface area contributed by atoms with Crippen molar-refractivity contribution in [2.75, 3.05) is 7.11 Å². The quantitative estimate of drug-likeness (QED) is 0.832. The van der Waals surface area contributed by atoms with Gasteiger partial charge in [0.25, 0.3) is 0 Å². The third-order valence-electron chi connectivity index (χ3n) is 3.56. The lowest BCUT2D eigenvalue weighted by molar-refractivity contribution is 0.238. The summed E-state index contributed by atoms with van der Waals surface area (Å²) in [5, 5.41) is 0. The van der Waals surface area contributed by atoms with E-state index in [-0.39, 0.29) is 5.54 Å². The highest BCUT2D eigenvalue weighted by Gasteiger charge is 2.33. The molecular formula is C13H20N2O. The van der Waals surface area contributed by atoms with Gasteiger partial charge in [-0.15, -0.1) is 0 Å². The van der Waals surface area contributed by atoms with Crippen LogP contribution < -0.4 is 10.5 Å². The number of hydrogen-bond acceptors (Lipinski definition) is 3. The lowest BCUT2D eigenvalue weighted by Gasteiger charge is -2.37. The molecule has 0 aliphatic heterocycles. The van der Waals surface area contributed by atoms with Gasteiger partial charge in [0, 0.05) is 11.7 Å². The summed E-state index contributed by atoms with van der Waals surface area (Å²) < 4.78 is 5.20. The molecule has 0 radical (unpaired) electrons. The molecule has 2 unspecified atom stereocenters. The van der Waals surface area contributed by atoms with Gasteiger partial charge in [0.15, 0.2) is 0 Å². The van der Waals surface area contributed by atoms with Crippen LogP contribution in [0.5, 0.6) is 5.75 Å². The summed E-state index contributed by atoms with van der Waals surface area (Å²) >= 11 is 0. The molecule has 3 heteroatoms. The van der Waals surface area contributed by atoms with Crippen LogP contribution in [-0.4, -0.2) is 12.1 Å². The Bertz CT molecular complexity index is 367. The van der Waals surface area contributed by atoms with Gasteiger partial charge in [0.05, 0.1) is 13.3 Å². The first-order valence-corrected chi connectivity index (χ1v) is 5.92. The Balaban J connectivity index is 2.27. The molecule has 0 aromatic carbocycles. The van der Waals surface area contributed by atoms with Crippen molar-refractivity contribution in [3.05, 3.63) is 24.0 Å². The molecule has 1 fully saturated rings. The van der Waals surface area contributed by atoms with Crippen molar-refractivity contribution in [1.29, 1.82) is 0 Å². The number of hydrogen-bond donors (Lipinski definition) is 1. The molecule has 2 rings (SSSR count). The standard InChI is InChI=1S/C13H20N2O/c1-10-4-3-5-13(14,7-10)11-6-12(16-2)9-15-8-11/h6,8-10H,3-5,7,14H2,1-2H3. The Hall–Kier alpha value is -1.09. The highest BCUT2D eigenvalue weighted by molar-refractivity contribution is 5.29. The van der Waals surface area contributed by atoms with E-state index in [1.165, 1.54) is 12.8 Å². The number of pyridine rings is 1. The number of rotatable bonds is 2. The number of methoxy groups -OCH3 is 1. The average Bonchev–Trinajstić information content (AvgIpc) is 2.29. The maximum Gasteiger partial charge on any atom is 0.137 e. The van der Waals surface area contributed by atoms with E-state index in [9.17, 15) is 0 Å². The summed E-state index contributed by atoms with van der Waals surface area (Å²) in [6.07, 6.45) is 8.18. The van der Waals surface area contributed by atoms with E-state index >= 15 is 0 Å². The monoisotopic (exact) mass is 220 g/mol. The van der Waals surface area contributed by atoms with Gasteiger partial charge in [-0.1, -0.05) is 19.8 Å². The zero-order valence-electron chi connectivity index (χ0n) is 10.1. The lowest BCUT2D eigenvalue weighted by Crippen LogP contribution is -2.41. The third-order valence-corrected chi connectivity index (χ3v) is 3.56. The maximum atomic E-state index is 6.50. The molecule has 16 heavy (non-hydrogen) atoms. The highest BCUT2D eigenvalue weighted by atomic mass is 16.5. The van der Waals surface area contributed by atoms with Crippen LogP contribution in [-0.2, 0) is 5.54 Å². The molecule has 0 spiro atoms. The molecule has 1 heterocycles. The molecular weight excluding hydrogens is 200 g/mol. The summed E-state index contributed by atoms with van der Waals surface area (Å²) in [5.74, 6) is 1.49. The molecule has 1 aromatic rings. The molecule has 2 N–H and O–H groups in total. The van der Waals surface area contributed by atoms with Gasteiger partial charge >= 0.3 is 0 Å². The van der Waals surface area contributed by atoms with E-state index in [0.717, 1.165) is 24.2 Å². The summed E-state index contributed by atoms with van der Waals surface area (Å²) in [6.45, 7) is 2.27. The first-order valence-electron chi connectivity index (χ1n) is 5.92. The van der Waals surface area contributed by atoms with Crippen molar-refractivity contribution in [1.82, 2.24) is 4.98 Å². The Morgan fingerprint density at radius 3 is 3.00 bits per heavy atom. The van der Waals surface area contributed by atoms with Crippen LogP contribution in [0, 0.1) is 5.92 Å². The molecule has 1 aliphatic carbocycles. The van der Waals surface area contributed by atoms with Crippen LogP contribution in [0.2, 0.25) is 0 Å². The predicted octanol–water partition coefficient (Wildman–Crippen LogP) is 2.45. The number of ether oxygens (including phenoxy) is 1. The topological polar surface area (TPSA) is 48.1 Å². The number of aromatic nitrogens is 1. The summed E-state index contributed by atoms with van der Waals surface area (Å²) in [7, 11) is 1.66. The molecule has 0 amide bonds. The summed E-state index contributed by atoms with van der Waals surface area (Å²) in [5.41, 5.74) is 7.40. The molecule has 0 bridgehead atoms. The van der Waals surface area contributed by atoms with Crippen molar-refractivity contribution in [2.45, 2.75) is 38.1 Å². The predicted molar refractivity (Wildman–Crippen MR) is 64.3 cm³/mol. The fourth-order valence-electron chi connectivity index (χ4n) is 2.66.